The Morgan fingerprint density at radius 1 is 1.20 bits per heavy atom. The molecular weight excluding hydrogens is 248 g/mol. The highest BCUT2D eigenvalue weighted by atomic mass is 16.2. The molecule has 1 aliphatic carbocycles. The molecule has 3 heteroatoms. The molecule has 1 atom stereocenters. The number of rotatable bonds is 4. The van der Waals surface area contributed by atoms with Gasteiger partial charge in [0.1, 0.15) is 0 Å². The normalized spacial score (nSPS) is 24.4. The molecule has 116 valence electrons. The molecule has 0 aromatic rings. The number of likely N-dealkylation sites (tertiary alicyclic amines) is 1. The van der Waals surface area contributed by atoms with Crippen LogP contribution in [-0.4, -0.2) is 41.5 Å². The van der Waals surface area contributed by atoms with Crippen LogP contribution in [0.2, 0.25) is 0 Å². The SMILES string of the molecule is CC(C)CCN(C(=O)N1CCCC(C)C1)C1CCCC1. The molecule has 2 rings (SSSR count). The van der Waals surface area contributed by atoms with Gasteiger partial charge in [-0.1, -0.05) is 33.6 Å². The van der Waals surface area contributed by atoms with E-state index < -0.39 is 0 Å². The highest BCUT2D eigenvalue weighted by Crippen LogP contribution is 2.26. The highest BCUT2D eigenvalue weighted by Gasteiger charge is 2.31. The smallest absolute Gasteiger partial charge is 0.320 e. The zero-order valence-corrected chi connectivity index (χ0v) is 13.6. The minimum atomic E-state index is 0.323. The van der Waals surface area contributed by atoms with Crippen molar-refractivity contribution in [2.75, 3.05) is 19.6 Å². The van der Waals surface area contributed by atoms with Crippen LogP contribution in [0.3, 0.4) is 0 Å². The number of hydrogen-bond donors (Lipinski definition) is 0. The number of carbonyl (C=O) groups is 1. The van der Waals surface area contributed by atoms with Crippen molar-refractivity contribution in [1.29, 1.82) is 0 Å². The molecule has 1 unspecified atom stereocenters. The van der Waals surface area contributed by atoms with Crippen LogP contribution in [0.15, 0.2) is 0 Å². The van der Waals surface area contributed by atoms with Crippen molar-refractivity contribution in [3.8, 4) is 0 Å². The van der Waals surface area contributed by atoms with Gasteiger partial charge in [0, 0.05) is 25.7 Å². The van der Waals surface area contributed by atoms with Crippen LogP contribution in [0, 0.1) is 11.8 Å². The summed E-state index contributed by atoms with van der Waals surface area (Å²) in [4.78, 5) is 17.2. The van der Waals surface area contributed by atoms with E-state index >= 15 is 0 Å². The maximum atomic E-state index is 12.9. The van der Waals surface area contributed by atoms with Gasteiger partial charge in [-0.05, 0) is 43.9 Å². The van der Waals surface area contributed by atoms with Crippen molar-refractivity contribution in [2.45, 2.75) is 71.8 Å². The van der Waals surface area contributed by atoms with Crippen molar-refractivity contribution in [2.24, 2.45) is 11.8 Å². The summed E-state index contributed by atoms with van der Waals surface area (Å²) in [5, 5.41) is 0. The molecule has 0 aromatic carbocycles. The summed E-state index contributed by atoms with van der Waals surface area (Å²) < 4.78 is 0. The van der Waals surface area contributed by atoms with E-state index in [1.165, 1.54) is 38.5 Å². The van der Waals surface area contributed by atoms with Gasteiger partial charge in [0.15, 0.2) is 0 Å². The summed E-state index contributed by atoms with van der Waals surface area (Å²) in [6.07, 6.45) is 8.61. The fourth-order valence-electron chi connectivity index (χ4n) is 3.59. The molecule has 2 aliphatic rings. The van der Waals surface area contributed by atoms with Gasteiger partial charge in [0.25, 0.3) is 0 Å². The van der Waals surface area contributed by atoms with Crippen molar-refractivity contribution in [3.63, 3.8) is 0 Å². The summed E-state index contributed by atoms with van der Waals surface area (Å²) in [6, 6.07) is 0.836. The maximum absolute atomic E-state index is 12.9. The van der Waals surface area contributed by atoms with Crippen LogP contribution in [0.1, 0.15) is 65.7 Å². The number of urea groups is 1. The molecule has 1 aliphatic heterocycles. The first kappa shape index (κ1) is 15.7. The molecule has 0 N–H and O–H groups in total. The third-order valence-corrected chi connectivity index (χ3v) is 4.89. The first-order chi connectivity index (χ1) is 9.58. The lowest BCUT2D eigenvalue weighted by molar-refractivity contribution is 0.113. The summed E-state index contributed by atoms with van der Waals surface area (Å²) in [6.45, 7) is 9.65. The van der Waals surface area contributed by atoms with Gasteiger partial charge in [-0.15, -0.1) is 0 Å². The zero-order valence-electron chi connectivity index (χ0n) is 13.6. The number of carbonyl (C=O) groups excluding carboxylic acids is 1. The quantitative estimate of drug-likeness (QED) is 0.759. The first-order valence-electron chi connectivity index (χ1n) is 8.63. The molecule has 20 heavy (non-hydrogen) atoms. The van der Waals surface area contributed by atoms with Crippen molar-refractivity contribution in [3.05, 3.63) is 0 Å². The second-order valence-corrected chi connectivity index (χ2v) is 7.29. The molecule has 1 saturated heterocycles. The Bertz CT molecular complexity index is 310. The van der Waals surface area contributed by atoms with E-state index in [4.69, 9.17) is 0 Å². The summed E-state index contributed by atoms with van der Waals surface area (Å²) in [5.41, 5.74) is 0. The number of nitrogens with zero attached hydrogens (tertiary/aromatic N) is 2. The lowest BCUT2D eigenvalue weighted by Gasteiger charge is -2.38. The Morgan fingerprint density at radius 2 is 1.90 bits per heavy atom. The molecule has 3 nitrogen and oxygen atoms in total. The van der Waals surface area contributed by atoms with E-state index in [9.17, 15) is 4.79 Å². The summed E-state index contributed by atoms with van der Waals surface area (Å²) >= 11 is 0. The molecule has 0 aromatic heterocycles. The van der Waals surface area contributed by atoms with Gasteiger partial charge in [0.2, 0.25) is 0 Å². The molecule has 2 fully saturated rings. The summed E-state index contributed by atoms with van der Waals surface area (Å²) in [5.74, 6) is 1.34. The largest absolute Gasteiger partial charge is 0.324 e. The van der Waals surface area contributed by atoms with Crippen LogP contribution in [-0.2, 0) is 0 Å². The second-order valence-electron chi connectivity index (χ2n) is 7.29. The molecule has 0 spiro atoms. The van der Waals surface area contributed by atoms with Crippen molar-refractivity contribution < 1.29 is 4.79 Å². The van der Waals surface area contributed by atoms with E-state index in [1.807, 2.05) is 0 Å². The third-order valence-electron chi connectivity index (χ3n) is 4.89. The van der Waals surface area contributed by atoms with E-state index in [0.29, 0.717) is 23.9 Å². The Kier molecular flexibility index (Phi) is 5.74. The number of amides is 2. The van der Waals surface area contributed by atoms with Crippen molar-refractivity contribution >= 4 is 6.03 Å². The molecule has 0 bridgehead atoms. The standard InChI is InChI=1S/C17H32N2O/c1-14(2)10-12-19(16-8-4-5-9-16)17(20)18-11-6-7-15(3)13-18/h14-16H,4-13H2,1-3H3. The van der Waals surface area contributed by atoms with Gasteiger partial charge < -0.3 is 9.80 Å². The molecule has 1 heterocycles. The Balaban J connectivity index is 1.98. The fourth-order valence-corrected chi connectivity index (χ4v) is 3.59. The minimum absolute atomic E-state index is 0.323. The Hall–Kier alpha value is -0.730. The lowest BCUT2D eigenvalue weighted by atomic mass is 10.0. The van der Waals surface area contributed by atoms with Crippen LogP contribution in [0.5, 0.6) is 0 Å². The minimum Gasteiger partial charge on any atom is -0.324 e. The lowest BCUT2D eigenvalue weighted by Crippen LogP contribution is -2.50. The monoisotopic (exact) mass is 280 g/mol. The van der Waals surface area contributed by atoms with E-state index in [-0.39, 0.29) is 0 Å². The number of piperidine rings is 1. The second kappa shape index (κ2) is 7.33. The van der Waals surface area contributed by atoms with Gasteiger partial charge in [-0.3, -0.25) is 0 Å². The summed E-state index contributed by atoms with van der Waals surface area (Å²) in [7, 11) is 0. The topological polar surface area (TPSA) is 23.6 Å². The maximum Gasteiger partial charge on any atom is 0.320 e. The zero-order chi connectivity index (χ0) is 14.5. The molecule has 0 radical (unpaired) electrons. The van der Waals surface area contributed by atoms with Gasteiger partial charge in [-0.2, -0.15) is 0 Å². The Labute approximate surface area is 124 Å². The molecule has 2 amide bonds. The van der Waals surface area contributed by atoms with Crippen LogP contribution < -0.4 is 0 Å². The van der Waals surface area contributed by atoms with Crippen molar-refractivity contribution in [1.82, 2.24) is 9.80 Å². The van der Waals surface area contributed by atoms with E-state index in [0.717, 1.165) is 26.1 Å². The van der Waals surface area contributed by atoms with Gasteiger partial charge in [-0.25, -0.2) is 4.79 Å². The van der Waals surface area contributed by atoms with Crippen LogP contribution >= 0.6 is 0 Å². The first-order valence-corrected chi connectivity index (χ1v) is 8.63. The molecule has 1 saturated carbocycles. The predicted molar refractivity (Wildman–Crippen MR) is 83.8 cm³/mol. The third kappa shape index (κ3) is 4.13. The average molecular weight is 280 g/mol. The van der Waals surface area contributed by atoms with Gasteiger partial charge in [0.05, 0.1) is 0 Å². The predicted octanol–water partition coefficient (Wildman–Crippen LogP) is 4.13. The number of hydrogen-bond acceptors (Lipinski definition) is 1. The Morgan fingerprint density at radius 3 is 2.50 bits per heavy atom. The highest BCUT2D eigenvalue weighted by molar-refractivity contribution is 5.75. The average Bonchev–Trinajstić information content (AvgIpc) is 2.92. The van der Waals surface area contributed by atoms with Crippen LogP contribution in [0.4, 0.5) is 4.79 Å². The van der Waals surface area contributed by atoms with E-state index in [2.05, 4.69) is 30.6 Å². The van der Waals surface area contributed by atoms with Crippen LogP contribution in [0.25, 0.3) is 0 Å². The molecular formula is C17H32N2O. The van der Waals surface area contributed by atoms with E-state index in [1.54, 1.807) is 0 Å². The van der Waals surface area contributed by atoms with Gasteiger partial charge >= 0.3 is 6.03 Å². The fraction of sp³-hybridized carbons (Fsp3) is 0.941.